The highest BCUT2D eigenvalue weighted by Gasteiger charge is 2.19. The largest absolute Gasteiger partial charge is 0.467 e. The second-order valence-electron chi connectivity index (χ2n) is 2.85. The average Bonchev–Trinajstić information content (AvgIpc) is 2.15. The molecule has 0 aliphatic rings. The van der Waals surface area contributed by atoms with Crippen molar-refractivity contribution in [1.29, 1.82) is 0 Å². The first kappa shape index (κ1) is 13.3. The highest BCUT2D eigenvalue weighted by molar-refractivity contribution is 7.99. The lowest BCUT2D eigenvalue weighted by atomic mass is 10.3. The zero-order valence-electron chi connectivity index (χ0n) is 8.83. The van der Waals surface area contributed by atoms with Gasteiger partial charge in [0.05, 0.1) is 7.11 Å². The molecule has 82 valence electrons. The number of carbonyl (C=O) groups is 2. The van der Waals surface area contributed by atoms with Gasteiger partial charge in [0.25, 0.3) is 0 Å². The van der Waals surface area contributed by atoms with Crippen LogP contribution in [0.4, 0.5) is 0 Å². The van der Waals surface area contributed by atoms with Crippen LogP contribution in [0, 0.1) is 0 Å². The van der Waals surface area contributed by atoms with Crippen LogP contribution in [0.3, 0.4) is 0 Å². The number of amides is 1. The fourth-order valence-corrected chi connectivity index (χ4v) is 1.81. The van der Waals surface area contributed by atoms with E-state index in [-0.39, 0.29) is 11.9 Å². The number of carbonyl (C=O) groups excluding carboxylic acids is 2. The van der Waals surface area contributed by atoms with E-state index in [1.807, 2.05) is 0 Å². The topological polar surface area (TPSA) is 55.4 Å². The van der Waals surface area contributed by atoms with Crippen molar-refractivity contribution < 1.29 is 14.3 Å². The van der Waals surface area contributed by atoms with Gasteiger partial charge in [-0.1, -0.05) is 6.92 Å². The van der Waals surface area contributed by atoms with E-state index in [0.717, 1.165) is 12.2 Å². The van der Waals surface area contributed by atoms with E-state index in [9.17, 15) is 9.59 Å². The van der Waals surface area contributed by atoms with Crippen LogP contribution in [-0.4, -0.2) is 36.5 Å². The van der Waals surface area contributed by atoms with E-state index in [2.05, 4.69) is 17.0 Å². The molecule has 0 saturated carbocycles. The summed E-state index contributed by atoms with van der Waals surface area (Å²) < 4.78 is 4.58. The number of rotatable bonds is 6. The first-order valence-corrected chi connectivity index (χ1v) is 5.70. The van der Waals surface area contributed by atoms with Crippen molar-refractivity contribution in [3.05, 3.63) is 0 Å². The summed E-state index contributed by atoms with van der Waals surface area (Å²) in [4.78, 5) is 22.0. The van der Waals surface area contributed by atoms with Gasteiger partial charge in [-0.2, -0.15) is 11.8 Å². The summed E-state index contributed by atoms with van der Waals surface area (Å²) in [6, 6.07) is -0.519. The molecule has 0 aromatic heterocycles. The number of esters is 1. The van der Waals surface area contributed by atoms with Gasteiger partial charge in [0, 0.05) is 12.7 Å². The van der Waals surface area contributed by atoms with Crippen molar-refractivity contribution in [3.8, 4) is 0 Å². The molecule has 1 amide bonds. The first-order chi connectivity index (χ1) is 6.61. The lowest BCUT2D eigenvalue weighted by Gasteiger charge is -2.14. The van der Waals surface area contributed by atoms with Crippen LogP contribution in [0.1, 0.15) is 20.3 Å². The summed E-state index contributed by atoms with van der Waals surface area (Å²) >= 11 is 1.63. The van der Waals surface area contributed by atoms with Gasteiger partial charge in [0.1, 0.15) is 6.04 Å². The van der Waals surface area contributed by atoms with Crippen LogP contribution in [0.2, 0.25) is 0 Å². The standard InChI is InChI=1S/C9H17NO3S/c1-4-5-14-6-8(9(12)13-3)10-7(2)11/h8H,4-6H2,1-3H3,(H,10,11). The lowest BCUT2D eigenvalue weighted by Crippen LogP contribution is -2.42. The molecule has 5 heteroatoms. The number of hydrogen-bond acceptors (Lipinski definition) is 4. The molecule has 0 rings (SSSR count). The molecule has 0 fully saturated rings. The molecule has 14 heavy (non-hydrogen) atoms. The van der Waals surface area contributed by atoms with Crippen molar-refractivity contribution in [2.45, 2.75) is 26.3 Å². The Morgan fingerprint density at radius 2 is 2.14 bits per heavy atom. The molecule has 0 aromatic carbocycles. The second kappa shape index (κ2) is 7.67. The molecule has 1 atom stereocenters. The Bertz CT molecular complexity index is 196. The summed E-state index contributed by atoms with van der Waals surface area (Å²) in [6.07, 6.45) is 1.05. The number of nitrogens with one attached hydrogen (secondary N) is 1. The lowest BCUT2D eigenvalue weighted by molar-refractivity contribution is -0.144. The Morgan fingerprint density at radius 1 is 1.50 bits per heavy atom. The maximum absolute atomic E-state index is 11.2. The molecule has 0 aliphatic carbocycles. The fourth-order valence-electron chi connectivity index (χ4n) is 0.902. The fraction of sp³-hybridized carbons (Fsp3) is 0.778. The molecule has 0 radical (unpaired) electrons. The monoisotopic (exact) mass is 219 g/mol. The summed E-state index contributed by atoms with van der Waals surface area (Å²) in [7, 11) is 1.32. The number of hydrogen-bond donors (Lipinski definition) is 1. The van der Waals surface area contributed by atoms with Crippen LogP contribution in [0.25, 0.3) is 0 Å². The molecular weight excluding hydrogens is 202 g/mol. The molecule has 0 heterocycles. The molecule has 4 nitrogen and oxygen atoms in total. The summed E-state index contributed by atoms with van der Waals surface area (Å²) in [5.74, 6) is 0.953. The predicted octanol–water partition coefficient (Wildman–Crippen LogP) is 0.807. The molecule has 1 unspecified atom stereocenters. The molecule has 0 aliphatic heterocycles. The highest BCUT2D eigenvalue weighted by Crippen LogP contribution is 2.05. The maximum Gasteiger partial charge on any atom is 0.329 e. The van der Waals surface area contributed by atoms with Gasteiger partial charge >= 0.3 is 5.97 Å². The van der Waals surface area contributed by atoms with Crippen LogP contribution in [-0.2, 0) is 14.3 Å². The van der Waals surface area contributed by atoms with Crippen LogP contribution >= 0.6 is 11.8 Å². The maximum atomic E-state index is 11.2. The molecule has 1 N–H and O–H groups in total. The molecular formula is C9H17NO3S. The summed E-state index contributed by atoms with van der Waals surface area (Å²) in [6.45, 7) is 3.46. The highest BCUT2D eigenvalue weighted by atomic mass is 32.2. The zero-order chi connectivity index (χ0) is 11.0. The van der Waals surface area contributed by atoms with Gasteiger partial charge in [-0.3, -0.25) is 4.79 Å². The average molecular weight is 219 g/mol. The van der Waals surface area contributed by atoms with Crippen molar-refractivity contribution in [2.24, 2.45) is 0 Å². The second-order valence-corrected chi connectivity index (χ2v) is 4.00. The summed E-state index contributed by atoms with van der Waals surface area (Å²) in [5, 5.41) is 2.56. The third-order valence-electron chi connectivity index (χ3n) is 1.50. The van der Waals surface area contributed by atoms with Crippen molar-refractivity contribution >= 4 is 23.6 Å². The van der Waals surface area contributed by atoms with Crippen LogP contribution in [0.15, 0.2) is 0 Å². The van der Waals surface area contributed by atoms with Gasteiger partial charge in [0.15, 0.2) is 0 Å². The molecule has 0 bridgehead atoms. The van der Waals surface area contributed by atoms with Crippen LogP contribution < -0.4 is 5.32 Å². The van der Waals surface area contributed by atoms with Crippen molar-refractivity contribution in [2.75, 3.05) is 18.6 Å². The number of thioether (sulfide) groups is 1. The normalized spacial score (nSPS) is 11.9. The quantitative estimate of drug-likeness (QED) is 0.530. The van der Waals surface area contributed by atoms with E-state index < -0.39 is 6.04 Å². The SMILES string of the molecule is CCCSCC(NC(C)=O)C(=O)OC. The minimum Gasteiger partial charge on any atom is -0.467 e. The number of methoxy groups -OCH3 is 1. The van der Waals surface area contributed by atoms with Gasteiger partial charge in [0.2, 0.25) is 5.91 Å². The Balaban J connectivity index is 3.97. The van der Waals surface area contributed by atoms with E-state index in [1.165, 1.54) is 14.0 Å². The third kappa shape index (κ3) is 5.85. The van der Waals surface area contributed by atoms with Gasteiger partial charge in [-0.25, -0.2) is 4.79 Å². The first-order valence-electron chi connectivity index (χ1n) is 4.54. The van der Waals surface area contributed by atoms with E-state index in [0.29, 0.717) is 5.75 Å². The Kier molecular flexibility index (Phi) is 7.28. The zero-order valence-corrected chi connectivity index (χ0v) is 9.65. The van der Waals surface area contributed by atoms with Gasteiger partial charge < -0.3 is 10.1 Å². The van der Waals surface area contributed by atoms with E-state index in [1.54, 1.807) is 11.8 Å². The van der Waals surface area contributed by atoms with E-state index >= 15 is 0 Å². The van der Waals surface area contributed by atoms with Crippen molar-refractivity contribution in [1.82, 2.24) is 5.32 Å². The van der Waals surface area contributed by atoms with Gasteiger partial charge in [-0.05, 0) is 12.2 Å². The van der Waals surface area contributed by atoms with Crippen molar-refractivity contribution in [3.63, 3.8) is 0 Å². The Labute approximate surface area is 88.8 Å². The van der Waals surface area contributed by atoms with E-state index in [4.69, 9.17) is 0 Å². The number of ether oxygens (including phenoxy) is 1. The smallest absolute Gasteiger partial charge is 0.329 e. The Morgan fingerprint density at radius 3 is 2.57 bits per heavy atom. The molecule has 0 spiro atoms. The third-order valence-corrected chi connectivity index (χ3v) is 2.76. The van der Waals surface area contributed by atoms with Gasteiger partial charge in [-0.15, -0.1) is 0 Å². The molecule has 0 aromatic rings. The minimum atomic E-state index is -0.519. The van der Waals surface area contributed by atoms with Crippen LogP contribution in [0.5, 0.6) is 0 Å². The predicted molar refractivity (Wildman–Crippen MR) is 57.2 cm³/mol. The Hall–Kier alpha value is -0.710. The molecule has 0 saturated heterocycles. The summed E-state index contributed by atoms with van der Waals surface area (Å²) in [5.41, 5.74) is 0. The minimum absolute atomic E-state index is 0.211.